The highest BCUT2D eigenvalue weighted by Gasteiger charge is 2.14. The summed E-state index contributed by atoms with van der Waals surface area (Å²) in [6, 6.07) is 14.9. The molecule has 142 valence electrons. The van der Waals surface area contributed by atoms with Crippen molar-refractivity contribution in [1.82, 2.24) is 9.47 Å². The van der Waals surface area contributed by atoms with Gasteiger partial charge in [0.25, 0.3) is 0 Å². The first-order valence-electron chi connectivity index (χ1n) is 8.82. The van der Waals surface area contributed by atoms with Crippen molar-refractivity contribution in [2.24, 2.45) is 0 Å². The van der Waals surface area contributed by atoms with Crippen molar-refractivity contribution in [3.05, 3.63) is 47.5 Å². The molecule has 0 amide bonds. The monoisotopic (exact) mass is 388 g/mol. The van der Waals surface area contributed by atoms with Crippen LogP contribution in [0.25, 0.3) is 21.8 Å². The lowest BCUT2D eigenvalue weighted by molar-refractivity contribution is -0.159. The molecule has 0 saturated carbocycles. The van der Waals surface area contributed by atoms with Crippen LogP contribution in [-0.4, -0.2) is 51.3 Å². The van der Waals surface area contributed by atoms with E-state index >= 15 is 0 Å². The molecule has 4 rings (SSSR count). The molecule has 0 bridgehead atoms. The standard InChI is InChI=1S/C18H19ClN2.C2H2O4/c19-14-7-8-18-16(13-14)15-5-1-2-6-17(15)21(18)12-11-20-9-3-4-10-20;3-1(4)2(5)6/h1-2,5-8,13H,3-4,9-12H2;(H,3,4)(H,5,6). The van der Waals surface area contributed by atoms with Crippen LogP contribution < -0.4 is 0 Å². The highest BCUT2D eigenvalue weighted by Crippen LogP contribution is 2.31. The van der Waals surface area contributed by atoms with Gasteiger partial charge in [-0.3, -0.25) is 0 Å². The molecule has 1 fully saturated rings. The maximum atomic E-state index is 9.10. The van der Waals surface area contributed by atoms with Crippen LogP contribution in [0.1, 0.15) is 12.8 Å². The zero-order valence-electron chi connectivity index (χ0n) is 14.8. The number of aliphatic carboxylic acids is 2. The Morgan fingerprint density at radius 2 is 1.52 bits per heavy atom. The number of carboxylic acids is 2. The van der Waals surface area contributed by atoms with Gasteiger partial charge in [-0.15, -0.1) is 0 Å². The van der Waals surface area contributed by atoms with E-state index in [1.165, 1.54) is 47.7 Å². The lowest BCUT2D eigenvalue weighted by Crippen LogP contribution is -2.23. The number of nitrogens with zero attached hydrogens (tertiary/aromatic N) is 2. The summed E-state index contributed by atoms with van der Waals surface area (Å²) in [7, 11) is 0. The predicted molar refractivity (Wildman–Crippen MR) is 105 cm³/mol. The lowest BCUT2D eigenvalue weighted by Gasteiger charge is -2.16. The van der Waals surface area contributed by atoms with Crippen molar-refractivity contribution in [2.45, 2.75) is 19.4 Å². The Labute approximate surface area is 161 Å². The number of likely N-dealkylation sites (tertiary alicyclic amines) is 1. The van der Waals surface area contributed by atoms with E-state index in [0.717, 1.165) is 18.1 Å². The summed E-state index contributed by atoms with van der Waals surface area (Å²) >= 11 is 6.19. The zero-order valence-corrected chi connectivity index (χ0v) is 15.5. The third-order valence-electron chi connectivity index (χ3n) is 4.76. The van der Waals surface area contributed by atoms with Crippen molar-refractivity contribution < 1.29 is 19.8 Å². The molecule has 1 aliphatic heterocycles. The van der Waals surface area contributed by atoms with E-state index in [1.54, 1.807) is 0 Å². The molecular weight excluding hydrogens is 368 g/mol. The molecule has 7 heteroatoms. The summed E-state index contributed by atoms with van der Waals surface area (Å²) in [5, 5.41) is 18.2. The Balaban J connectivity index is 0.000000307. The molecule has 3 aromatic rings. The molecule has 2 aromatic carbocycles. The highest BCUT2D eigenvalue weighted by molar-refractivity contribution is 6.31. The van der Waals surface area contributed by atoms with Crippen molar-refractivity contribution in [1.29, 1.82) is 0 Å². The second-order valence-corrected chi connectivity index (χ2v) is 6.93. The van der Waals surface area contributed by atoms with E-state index in [4.69, 9.17) is 31.4 Å². The number of carboxylic acid groups (broad SMARTS) is 2. The van der Waals surface area contributed by atoms with E-state index in [0.29, 0.717) is 0 Å². The molecule has 0 radical (unpaired) electrons. The fourth-order valence-electron chi connectivity index (χ4n) is 3.51. The molecule has 1 aliphatic rings. The molecule has 0 unspecified atom stereocenters. The Bertz CT molecular complexity index is 965. The van der Waals surface area contributed by atoms with Crippen LogP contribution in [0.5, 0.6) is 0 Å². The molecule has 27 heavy (non-hydrogen) atoms. The summed E-state index contributed by atoms with van der Waals surface area (Å²) in [5.41, 5.74) is 2.61. The van der Waals surface area contributed by atoms with Gasteiger partial charge in [-0.1, -0.05) is 29.8 Å². The van der Waals surface area contributed by atoms with Gasteiger partial charge in [0.2, 0.25) is 0 Å². The number of aromatic nitrogens is 1. The minimum atomic E-state index is -1.82. The first-order chi connectivity index (χ1) is 13.0. The van der Waals surface area contributed by atoms with Gasteiger partial charge in [0.05, 0.1) is 0 Å². The molecule has 1 aromatic heterocycles. The second-order valence-electron chi connectivity index (χ2n) is 6.49. The van der Waals surface area contributed by atoms with Gasteiger partial charge in [-0.2, -0.15) is 0 Å². The Kier molecular flexibility index (Phi) is 5.98. The van der Waals surface area contributed by atoms with Gasteiger partial charge >= 0.3 is 11.9 Å². The van der Waals surface area contributed by atoms with Gasteiger partial charge in [-0.05, 0) is 50.2 Å². The Morgan fingerprint density at radius 1 is 0.889 bits per heavy atom. The predicted octanol–water partition coefficient (Wildman–Crippen LogP) is 3.70. The molecule has 6 nitrogen and oxygen atoms in total. The number of carbonyl (C=O) groups is 2. The number of hydrogen-bond donors (Lipinski definition) is 2. The number of benzene rings is 2. The average Bonchev–Trinajstić information content (AvgIpc) is 3.26. The largest absolute Gasteiger partial charge is 0.473 e. The van der Waals surface area contributed by atoms with Gasteiger partial charge in [0, 0.05) is 39.9 Å². The van der Waals surface area contributed by atoms with E-state index < -0.39 is 11.9 Å². The van der Waals surface area contributed by atoms with E-state index in [2.05, 4.69) is 45.9 Å². The first-order valence-corrected chi connectivity index (χ1v) is 9.20. The summed E-state index contributed by atoms with van der Waals surface area (Å²) in [6.45, 7) is 4.69. The fourth-order valence-corrected chi connectivity index (χ4v) is 3.69. The number of halogens is 1. The lowest BCUT2D eigenvalue weighted by atomic mass is 10.2. The van der Waals surface area contributed by atoms with Crippen LogP contribution in [0.15, 0.2) is 42.5 Å². The third-order valence-corrected chi connectivity index (χ3v) is 4.99. The molecule has 0 spiro atoms. The van der Waals surface area contributed by atoms with Crippen molar-refractivity contribution in [2.75, 3.05) is 19.6 Å². The van der Waals surface area contributed by atoms with Gasteiger partial charge in [0.1, 0.15) is 0 Å². The number of hydrogen-bond acceptors (Lipinski definition) is 3. The molecule has 1 saturated heterocycles. The SMILES string of the molecule is Clc1ccc2c(c1)c1ccccc1n2CCN1CCCC1.O=C(O)C(=O)O. The summed E-state index contributed by atoms with van der Waals surface area (Å²) < 4.78 is 2.44. The Hall–Kier alpha value is -2.57. The maximum Gasteiger partial charge on any atom is 0.414 e. The van der Waals surface area contributed by atoms with Crippen LogP contribution in [0.3, 0.4) is 0 Å². The minimum absolute atomic E-state index is 0.810. The van der Waals surface area contributed by atoms with Crippen LogP contribution >= 0.6 is 11.6 Å². The second kappa shape index (κ2) is 8.41. The third kappa shape index (κ3) is 4.40. The van der Waals surface area contributed by atoms with Crippen molar-refractivity contribution in [3.63, 3.8) is 0 Å². The van der Waals surface area contributed by atoms with Crippen molar-refractivity contribution in [3.8, 4) is 0 Å². The number of fused-ring (bicyclic) bond motifs is 3. The Morgan fingerprint density at radius 3 is 2.19 bits per heavy atom. The normalized spacial score (nSPS) is 14.3. The van der Waals surface area contributed by atoms with E-state index in [1.807, 2.05) is 6.07 Å². The smallest absolute Gasteiger partial charge is 0.414 e. The average molecular weight is 389 g/mol. The molecule has 2 N–H and O–H groups in total. The molecular formula is C20H21ClN2O4. The molecule has 2 heterocycles. The summed E-state index contributed by atoms with van der Waals surface area (Å²) in [5.74, 6) is -3.65. The topological polar surface area (TPSA) is 82.8 Å². The number of rotatable bonds is 3. The van der Waals surface area contributed by atoms with Gasteiger partial charge < -0.3 is 19.7 Å². The summed E-state index contributed by atoms with van der Waals surface area (Å²) in [4.78, 5) is 20.8. The zero-order chi connectivity index (χ0) is 19.4. The fraction of sp³-hybridized carbons (Fsp3) is 0.300. The van der Waals surface area contributed by atoms with Gasteiger partial charge in [0.15, 0.2) is 0 Å². The number of para-hydroxylation sites is 1. The molecule has 0 atom stereocenters. The minimum Gasteiger partial charge on any atom is -0.473 e. The molecule has 0 aliphatic carbocycles. The van der Waals surface area contributed by atoms with Crippen LogP contribution in [-0.2, 0) is 16.1 Å². The van der Waals surface area contributed by atoms with E-state index in [-0.39, 0.29) is 0 Å². The van der Waals surface area contributed by atoms with Crippen LogP contribution in [0, 0.1) is 0 Å². The van der Waals surface area contributed by atoms with Crippen LogP contribution in [0.4, 0.5) is 0 Å². The highest BCUT2D eigenvalue weighted by atomic mass is 35.5. The van der Waals surface area contributed by atoms with Gasteiger partial charge in [-0.25, -0.2) is 9.59 Å². The van der Waals surface area contributed by atoms with E-state index in [9.17, 15) is 0 Å². The van der Waals surface area contributed by atoms with Crippen LogP contribution in [0.2, 0.25) is 5.02 Å². The summed E-state index contributed by atoms with van der Waals surface area (Å²) in [6.07, 6.45) is 2.70. The first kappa shape index (κ1) is 19.2. The quantitative estimate of drug-likeness (QED) is 0.668. The van der Waals surface area contributed by atoms with Crippen molar-refractivity contribution >= 4 is 45.3 Å². The maximum absolute atomic E-state index is 9.10.